The zero-order valence-electron chi connectivity index (χ0n) is 7.59. The Hall–Kier alpha value is -1.76. The van der Waals surface area contributed by atoms with Gasteiger partial charge in [0.05, 0.1) is 5.54 Å². The summed E-state index contributed by atoms with van der Waals surface area (Å²) in [6.45, 7) is 3.59. The zero-order valence-corrected chi connectivity index (χ0v) is 7.59. The van der Waals surface area contributed by atoms with Crippen LogP contribution in [0.25, 0.3) is 0 Å². The van der Waals surface area contributed by atoms with E-state index in [0.29, 0.717) is 0 Å². The molecule has 0 spiro atoms. The number of rotatable bonds is 2. The van der Waals surface area contributed by atoms with Crippen LogP contribution < -0.4 is 10.9 Å². The molecule has 0 atom stereocenters. The van der Waals surface area contributed by atoms with Crippen LogP contribution >= 0.6 is 0 Å². The van der Waals surface area contributed by atoms with E-state index >= 15 is 0 Å². The van der Waals surface area contributed by atoms with Gasteiger partial charge in [0, 0.05) is 12.4 Å². The number of aromatic nitrogens is 2. The van der Waals surface area contributed by atoms with Crippen molar-refractivity contribution in [3.63, 3.8) is 0 Å². The lowest BCUT2D eigenvalue weighted by molar-refractivity contribution is 0.732. The Morgan fingerprint density at radius 3 is 2.92 bits per heavy atom. The summed E-state index contributed by atoms with van der Waals surface area (Å²) in [4.78, 5) is 17.5. The molecule has 1 rings (SSSR count). The van der Waals surface area contributed by atoms with Crippen molar-refractivity contribution < 1.29 is 0 Å². The molecule has 0 unspecified atom stereocenters. The third-order valence-electron chi connectivity index (χ3n) is 1.50. The third kappa shape index (κ3) is 2.34. The summed E-state index contributed by atoms with van der Waals surface area (Å²) < 4.78 is 0. The van der Waals surface area contributed by atoms with Gasteiger partial charge in [-0.05, 0) is 13.8 Å². The molecule has 2 N–H and O–H groups in total. The molecule has 0 bridgehead atoms. The monoisotopic (exact) mass is 177 g/mol. The molecule has 1 aromatic rings. The second-order valence-corrected chi connectivity index (χ2v) is 3.16. The predicted molar refractivity (Wildman–Crippen MR) is 51.4 cm³/mol. The quantitative estimate of drug-likeness (QED) is 0.650. The van der Waals surface area contributed by atoms with Crippen molar-refractivity contribution in [2.24, 2.45) is 0 Å². The van der Waals surface area contributed by atoms with Crippen LogP contribution in [0.1, 0.15) is 13.8 Å². The standard InChI is InChI=1S/C9H11N3O/c1-4-9(2,3)12-7-8(13)11-6-5-10-7/h1,5-6H,2-3H3,(H,10,12)(H,11,13). The van der Waals surface area contributed by atoms with Gasteiger partial charge in [0.25, 0.3) is 5.56 Å². The largest absolute Gasteiger partial charge is 0.350 e. The Morgan fingerprint density at radius 2 is 2.38 bits per heavy atom. The van der Waals surface area contributed by atoms with Crippen LogP contribution in [0, 0.1) is 12.3 Å². The molecule has 4 nitrogen and oxygen atoms in total. The van der Waals surface area contributed by atoms with Gasteiger partial charge in [0.2, 0.25) is 0 Å². The Bertz CT molecular complexity index is 386. The van der Waals surface area contributed by atoms with E-state index in [1.54, 1.807) is 13.8 Å². The highest BCUT2D eigenvalue weighted by Crippen LogP contribution is 2.06. The Labute approximate surface area is 76.4 Å². The number of nitrogens with one attached hydrogen (secondary N) is 2. The molecule has 0 aliphatic carbocycles. The summed E-state index contributed by atoms with van der Waals surface area (Å²) in [5.41, 5.74) is -0.840. The number of anilines is 1. The van der Waals surface area contributed by atoms with E-state index in [9.17, 15) is 4.79 Å². The minimum absolute atomic E-state index is 0.241. The van der Waals surface area contributed by atoms with Crippen molar-refractivity contribution in [1.82, 2.24) is 9.97 Å². The molecule has 0 aromatic carbocycles. The molecule has 0 radical (unpaired) electrons. The second kappa shape index (κ2) is 3.31. The number of aromatic amines is 1. The van der Waals surface area contributed by atoms with E-state index in [0.717, 1.165) is 0 Å². The van der Waals surface area contributed by atoms with Gasteiger partial charge in [0.15, 0.2) is 5.82 Å². The lowest BCUT2D eigenvalue weighted by atomic mass is 10.1. The molecular weight excluding hydrogens is 166 g/mol. The van der Waals surface area contributed by atoms with Gasteiger partial charge in [-0.2, -0.15) is 0 Å². The van der Waals surface area contributed by atoms with Crippen LogP contribution in [0.15, 0.2) is 17.2 Å². The maximum absolute atomic E-state index is 11.2. The lowest BCUT2D eigenvalue weighted by Gasteiger charge is -2.18. The maximum atomic E-state index is 11.2. The number of nitrogens with zero attached hydrogens (tertiary/aromatic N) is 1. The molecule has 0 fully saturated rings. The van der Waals surface area contributed by atoms with Crippen LogP contribution in [0.5, 0.6) is 0 Å². The average Bonchev–Trinajstić information content (AvgIpc) is 2.09. The van der Waals surface area contributed by atoms with Gasteiger partial charge in [-0.25, -0.2) is 4.98 Å². The van der Waals surface area contributed by atoms with Gasteiger partial charge in [-0.15, -0.1) is 6.42 Å². The van der Waals surface area contributed by atoms with Gasteiger partial charge >= 0.3 is 0 Å². The molecule has 0 saturated heterocycles. The first-order valence-electron chi connectivity index (χ1n) is 3.85. The van der Waals surface area contributed by atoms with Crippen LogP contribution in [0.2, 0.25) is 0 Å². The van der Waals surface area contributed by atoms with Crippen LogP contribution in [0.4, 0.5) is 5.82 Å². The number of terminal acetylenes is 1. The zero-order chi connectivity index (χ0) is 9.90. The van der Waals surface area contributed by atoms with Crippen molar-refractivity contribution in [3.8, 4) is 12.3 Å². The van der Waals surface area contributed by atoms with E-state index in [1.807, 2.05) is 0 Å². The molecular formula is C9H11N3O. The summed E-state index contributed by atoms with van der Waals surface area (Å²) in [5.74, 6) is 2.75. The maximum Gasteiger partial charge on any atom is 0.290 e. The van der Waals surface area contributed by atoms with Crippen LogP contribution in [0.3, 0.4) is 0 Å². The molecule has 0 aliphatic rings. The fourth-order valence-electron chi connectivity index (χ4n) is 0.773. The van der Waals surface area contributed by atoms with E-state index < -0.39 is 5.54 Å². The topological polar surface area (TPSA) is 57.8 Å². The van der Waals surface area contributed by atoms with Crippen LogP contribution in [-0.4, -0.2) is 15.5 Å². The second-order valence-electron chi connectivity index (χ2n) is 3.16. The molecule has 1 heterocycles. The number of H-pyrrole nitrogens is 1. The highest BCUT2D eigenvalue weighted by Gasteiger charge is 2.15. The van der Waals surface area contributed by atoms with Crippen LogP contribution in [-0.2, 0) is 0 Å². The lowest BCUT2D eigenvalue weighted by Crippen LogP contribution is -2.32. The van der Waals surface area contributed by atoms with Crippen molar-refractivity contribution in [1.29, 1.82) is 0 Å². The molecule has 0 amide bonds. The van der Waals surface area contributed by atoms with Crippen molar-refractivity contribution in [3.05, 3.63) is 22.7 Å². The van der Waals surface area contributed by atoms with Gasteiger partial charge < -0.3 is 10.3 Å². The molecule has 1 aromatic heterocycles. The van der Waals surface area contributed by atoms with Crippen molar-refractivity contribution in [2.75, 3.05) is 5.32 Å². The summed E-state index contributed by atoms with van der Waals surface area (Å²) in [5, 5.41) is 2.85. The third-order valence-corrected chi connectivity index (χ3v) is 1.50. The first-order chi connectivity index (χ1) is 6.05. The average molecular weight is 177 g/mol. The fourth-order valence-corrected chi connectivity index (χ4v) is 0.773. The SMILES string of the molecule is C#CC(C)(C)Nc1ncc[nH]c1=O. The van der Waals surface area contributed by atoms with E-state index in [4.69, 9.17) is 6.42 Å². The summed E-state index contributed by atoms with van der Waals surface area (Å²) in [6, 6.07) is 0. The Balaban J connectivity index is 2.95. The van der Waals surface area contributed by atoms with Crippen molar-refractivity contribution >= 4 is 5.82 Å². The van der Waals surface area contributed by atoms with Gasteiger partial charge in [-0.1, -0.05) is 5.92 Å². The summed E-state index contributed by atoms with van der Waals surface area (Å²) >= 11 is 0. The Kier molecular flexibility index (Phi) is 2.38. The number of hydrogen-bond donors (Lipinski definition) is 2. The summed E-state index contributed by atoms with van der Waals surface area (Å²) in [6.07, 6.45) is 8.22. The molecule has 0 aliphatic heterocycles. The highest BCUT2D eigenvalue weighted by molar-refractivity contribution is 5.37. The highest BCUT2D eigenvalue weighted by atomic mass is 16.1. The Morgan fingerprint density at radius 1 is 1.69 bits per heavy atom. The molecule has 0 saturated carbocycles. The van der Waals surface area contributed by atoms with Crippen molar-refractivity contribution in [2.45, 2.75) is 19.4 Å². The summed E-state index contributed by atoms with van der Waals surface area (Å²) in [7, 11) is 0. The van der Waals surface area contributed by atoms with Gasteiger partial charge in [-0.3, -0.25) is 4.79 Å². The van der Waals surface area contributed by atoms with E-state index in [2.05, 4.69) is 21.2 Å². The number of hydrogen-bond acceptors (Lipinski definition) is 3. The van der Waals surface area contributed by atoms with E-state index in [-0.39, 0.29) is 11.4 Å². The minimum Gasteiger partial charge on any atom is -0.350 e. The fraction of sp³-hybridized carbons (Fsp3) is 0.333. The minimum atomic E-state index is -0.568. The molecule has 13 heavy (non-hydrogen) atoms. The first-order valence-corrected chi connectivity index (χ1v) is 3.85. The normalized spacial score (nSPS) is 10.5. The van der Waals surface area contributed by atoms with E-state index in [1.165, 1.54) is 12.4 Å². The predicted octanol–water partition coefficient (Wildman–Crippen LogP) is 0.594. The molecule has 68 valence electrons. The van der Waals surface area contributed by atoms with Gasteiger partial charge in [0.1, 0.15) is 0 Å². The molecule has 4 heteroatoms. The smallest absolute Gasteiger partial charge is 0.290 e. The first kappa shape index (κ1) is 9.33.